The molecule has 1 unspecified atom stereocenters. The number of hydrogen-bond donors (Lipinski definition) is 1. The predicted octanol–water partition coefficient (Wildman–Crippen LogP) is 3.04. The van der Waals surface area contributed by atoms with Crippen molar-refractivity contribution in [2.45, 2.75) is 26.2 Å². The number of carbonyl (C=O) groups excluding carboxylic acids is 2. The smallest absolute Gasteiger partial charge is 0.229 e. The minimum atomic E-state index is -0.108. The van der Waals surface area contributed by atoms with E-state index in [0.717, 1.165) is 29.5 Å². The first-order chi connectivity index (χ1) is 9.60. The second-order valence-corrected chi connectivity index (χ2v) is 5.94. The van der Waals surface area contributed by atoms with Crippen LogP contribution in [0.15, 0.2) is 28.7 Å². The normalized spacial score (nSPS) is 18.7. The Morgan fingerprint density at radius 2 is 2.05 bits per heavy atom. The van der Waals surface area contributed by atoms with Gasteiger partial charge in [-0.25, -0.2) is 0 Å². The molecule has 0 aromatic heterocycles. The van der Waals surface area contributed by atoms with Crippen molar-refractivity contribution >= 4 is 33.4 Å². The molecule has 1 aliphatic rings. The van der Waals surface area contributed by atoms with Crippen molar-refractivity contribution in [3.8, 4) is 0 Å². The second-order valence-electron chi connectivity index (χ2n) is 5.03. The van der Waals surface area contributed by atoms with Crippen molar-refractivity contribution < 1.29 is 9.59 Å². The summed E-state index contributed by atoms with van der Waals surface area (Å²) in [5.41, 5.74) is 0.789. The largest absolute Gasteiger partial charge is 0.342 e. The first-order valence-electron chi connectivity index (χ1n) is 6.94. The third-order valence-electron chi connectivity index (χ3n) is 3.56. The molecule has 0 radical (unpaired) electrons. The van der Waals surface area contributed by atoms with Gasteiger partial charge in [0.25, 0.3) is 0 Å². The molecule has 1 aliphatic heterocycles. The van der Waals surface area contributed by atoms with Gasteiger partial charge in [0.1, 0.15) is 0 Å². The summed E-state index contributed by atoms with van der Waals surface area (Å²) >= 11 is 3.36. The maximum absolute atomic E-state index is 12.2. The van der Waals surface area contributed by atoms with Crippen molar-refractivity contribution in [3.05, 3.63) is 28.7 Å². The minimum absolute atomic E-state index is 0.000857. The van der Waals surface area contributed by atoms with Gasteiger partial charge in [0.15, 0.2) is 0 Å². The lowest BCUT2D eigenvalue weighted by atomic mass is 9.96. The summed E-state index contributed by atoms with van der Waals surface area (Å²) in [7, 11) is 0. The number of amides is 2. The van der Waals surface area contributed by atoms with E-state index in [4.69, 9.17) is 0 Å². The fourth-order valence-electron chi connectivity index (χ4n) is 2.42. The summed E-state index contributed by atoms with van der Waals surface area (Å²) in [6.07, 6.45) is 2.24. The zero-order valence-electron chi connectivity index (χ0n) is 11.6. The summed E-state index contributed by atoms with van der Waals surface area (Å²) in [6, 6.07) is 7.51. The van der Waals surface area contributed by atoms with Crippen molar-refractivity contribution in [2.75, 3.05) is 18.4 Å². The van der Waals surface area contributed by atoms with Crippen molar-refractivity contribution in [1.29, 1.82) is 0 Å². The zero-order chi connectivity index (χ0) is 14.5. The first kappa shape index (κ1) is 15.0. The van der Waals surface area contributed by atoms with Gasteiger partial charge in [-0.05, 0) is 37.1 Å². The Kier molecular flexibility index (Phi) is 5.17. The van der Waals surface area contributed by atoms with Crippen molar-refractivity contribution in [1.82, 2.24) is 4.90 Å². The number of likely N-dealkylation sites (tertiary alicyclic amines) is 1. The summed E-state index contributed by atoms with van der Waals surface area (Å²) in [5.74, 6) is 0.0231. The molecular weight excluding hydrogens is 320 g/mol. The Balaban J connectivity index is 1.95. The van der Waals surface area contributed by atoms with E-state index in [9.17, 15) is 9.59 Å². The van der Waals surface area contributed by atoms with Crippen molar-refractivity contribution in [3.63, 3.8) is 0 Å². The predicted molar refractivity (Wildman–Crippen MR) is 82.4 cm³/mol. The summed E-state index contributed by atoms with van der Waals surface area (Å²) in [4.78, 5) is 25.8. The van der Waals surface area contributed by atoms with E-state index >= 15 is 0 Å². The molecule has 1 aromatic rings. The number of carbonyl (C=O) groups is 2. The highest BCUT2D eigenvalue weighted by Crippen LogP contribution is 2.20. The molecule has 0 saturated carbocycles. The molecule has 0 aliphatic carbocycles. The first-order valence-corrected chi connectivity index (χ1v) is 7.73. The minimum Gasteiger partial charge on any atom is -0.342 e. The quantitative estimate of drug-likeness (QED) is 0.920. The Morgan fingerprint density at radius 3 is 2.70 bits per heavy atom. The maximum Gasteiger partial charge on any atom is 0.229 e. The highest BCUT2D eigenvalue weighted by molar-refractivity contribution is 9.10. The van der Waals surface area contributed by atoms with Crippen LogP contribution in [0.5, 0.6) is 0 Å². The van der Waals surface area contributed by atoms with Crippen LogP contribution in [0, 0.1) is 5.92 Å². The molecule has 0 bridgehead atoms. The lowest BCUT2D eigenvalue weighted by molar-refractivity contribution is -0.134. The van der Waals surface area contributed by atoms with Crippen LogP contribution in [0.1, 0.15) is 26.2 Å². The number of anilines is 1. The summed E-state index contributed by atoms with van der Waals surface area (Å²) in [6.45, 7) is 3.16. The van der Waals surface area contributed by atoms with E-state index in [1.807, 2.05) is 31.2 Å². The standard InChI is InChI=1S/C15H19BrN2O2/c1-2-14(19)18-9-3-4-11(10-18)15(20)17-13-7-5-12(16)6-8-13/h5-8,11H,2-4,9-10H2,1H3,(H,17,20). The molecular formula is C15H19BrN2O2. The molecule has 0 spiro atoms. The van der Waals surface area contributed by atoms with E-state index in [1.165, 1.54) is 0 Å². The Morgan fingerprint density at radius 1 is 1.35 bits per heavy atom. The van der Waals surface area contributed by atoms with Crippen LogP contribution in [-0.2, 0) is 9.59 Å². The van der Waals surface area contributed by atoms with Crippen LogP contribution in [-0.4, -0.2) is 29.8 Å². The van der Waals surface area contributed by atoms with Gasteiger partial charge in [-0.3, -0.25) is 9.59 Å². The molecule has 1 atom stereocenters. The fourth-order valence-corrected chi connectivity index (χ4v) is 2.68. The van der Waals surface area contributed by atoms with Gasteiger partial charge < -0.3 is 10.2 Å². The van der Waals surface area contributed by atoms with E-state index in [-0.39, 0.29) is 17.7 Å². The summed E-state index contributed by atoms with van der Waals surface area (Å²) in [5, 5.41) is 2.92. The van der Waals surface area contributed by atoms with Crippen LogP contribution in [0.4, 0.5) is 5.69 Å². The van der Waals surface area contributed by atoms with Gasteiger partial charge in [0, 0.05) is 29.7 Å². The van der Waals surface area contributed by atoms with E-state index in [0.29, 0.717) is 13.0 Å². The topological polar surface area (TPSA) is 49.4 Å². The van der Waals surface area contributed by atoms with Crippen LogP contribution >= 0.6 is 15.9 Å². The molecule has 5 heteroatoms. The lowest BCUT2D eigenvalue weighted by Crippen LogP contribution is -2.43. The Bertz CT molecular complexity index is 487. The molecule has 1 fully saturated rings. The van der Waals surface area contributed by atoms with Crippen LogP contribution in [0.3, 0.4) is 0 Å². The lowest BCUT2D eigenvalue weighted by Gasteiger charge is -2.31. The fraction of sp³-hybridized carbons (Fsp3) is 0.467. The molecule has 20 heavy (non-hydrogen) atoms. The summed E-state index contributed by atoms with van der Waals surface area (Å²) < 4.78 is 0.980. The number of piperidine rings is 1. The van der Waals surface area contributed by atoms with E-state index in [1.54, 1.807) is 4.90 Å². The highest BCUT2D eigenvalue weighted by atomic mass is 79.9. The third kappa shape index (κ3) is 3.82. The Hall–Kier alpha value is -1.36. The maximum atomic E-state index is 12.2. The SMILES string of the molecule is CCC(=O)N1CCCC(C(=O)Nc2ccc(Br)cc2)C1. The molecule has 108 valence electrons. The number of halogens is 1. The monoisotopic (exact) mass is 338 g/mol. The van der Waals surface area contributed by atoms with Crippen LogP contribution < -0.4 is 5.32 Å². The molecule has 1 N–H and O–H groups in total. The third-order valence-corrected chi connectivity index (χ3v) is 4.09. The van der Waals surface area contributed by atoms with E-state index < -0.39 is 0 Å². The molecule has 4 nitrogen and oxygen atoms in total. The second kappa shape index (κ2) is 6.88. The number of hydrogen-bond acceptors (Lipinski definition) is 2. The molecule has 1 heterocycles. The van der Waals surface area contributed by atoms with Gasteiger partial charge in [-0.15, -0.1) is 0 Å². The van der Waals surface area contributed by atoms with Crippen LogP contribution in [0.25, 0.3) is 0 Å². The van der Waals surface area contributed by atoms with Crippen molar-refractivity contribution in [2.24, 2.45) is 5.92 Å². The molecule has 2 amide bonds. The number of nitrogens with zero attached hydrogens (tertiary/aromatic N) is 1. The average Bonchev–Trinajstić information content (AvgIpc) is 2.49. The van der Waals surface area contributed by atoms with E-state index in [2.05, 4.69) is 21.2 Å². The van der Waals surface area contributed by atoms with Gasteiger partial charge in [0.2, 0.25) is 11.8 Å². The van der Waals surface area contributed by atoms with Crippen LogP contribution in [0.2, 0.25) is 0 Å². The number of benzene rings is 1. The molecule has 1 aromatic carbocycles. The number of nitrogens with one attached hydrogen (secondary N) is 1. The van der Waals surface area contributed by atoms with Gasteiger partial charge in [-0.2, -0.15) is 0 Å². The zero-order valence-corrected chi connectivity index (χ0v) is 13.1. The van der Waals surface area contributed by atoms with Gasteiger partial charge >= 0.3 is 0 Å². The molecule has 2 rings (SSSR count). The molecule has 1 saturated heterocycles. The van der Waals surface area contributed by atoms with Gasteiger partial charge in [-0.1, -0.05) is 22.9 Å². The average molecular weight is 339 g/mol. The Labute approximate surface area is 127 Å². The van der Waals surface area contributed by atoms with Gasteiger partial charge in [0.05, 0.1) is 5.92 Å². The number of rotatable bonds is 3. The highest BCUT2D eigenvalue weighted by Gasteiger charge is 2.27.